The molecule has 1 aromatic carbocycles. The first-order chi connectivity index (χ1) is 9.09. The van der Waals surface area contributed by atoms with Crippen molar-refractivity contribution in [2.75, 3.05) is 27.2 Å². The SMILES string of the molecule is CN(C)C1CCCN(C(=O)C(N)c2ccccc2)C1.Cl.Cl. The molecule has 1 aliphatic rings. The van der Waals surface area contributed by atoms with Crippen LogP contribution in [0.25, 0.3) is 0 Å². The Hall–Kier alpha value is -0.810. The van der Waals surface area contributed by atoms with Gasteiger partial charge in [0, 0.05) is 19.1 Å². The first-order valence-electron chi connectivity index (χ1n) is 6.85. The zero-order chi connectivity index (χ0) is 13.8. The summed E-state index contributed by atoms with van der Waals surface area (Å²) in [5.41, 5.74) is 6.97. The Morgan fingerprint density at radius 2 is 1.90 bits per heavy atom. The van der Waals surface area contributed by atoms with Crippen molar-refractivity contribution in [2.45, 2.75) is 24.9 Å². The Kier molecular flexibility index (Phi) is 8.90. The van der Waals surface area contributed by atoms with Crippen molar-refractivity contribution in [2.24, 2.45) is 5.73 Å². The number of piperidine rings is 1. The van der Waals surface area contributed by atoms with Crippen LogP contribution in [0.4, 0.5) is 0 Å². The van der Waals surface area contributed by atoms with Gasteiger partial charge in [-0.15, -0.1) is 24.8 Å². The number of likely N-dealkylation sites (tertiary alicyclic amines) is 1. The van der Waals surface area contributed by atoms with E-state index >= 15 is 0 Å². The van der Waals surface area contributed by atoms with Crippen LogP contribution in [-0.4, -0.2) is 48.9 Å². The monoisotopic (exact) mass is 333 g/mol. The minimum Gasteiger partial charge on any atom is -0.339 e. The van der Waals surface area contributed by atoms with Gasteiger partial charge in [0.1, 0.15) is 6.04 Å². The van der Waals surface area contributed by atoms with Gasteiger partial charge in [-0.25, -0.2) is 0 Å². The summed E-state index contributed by atoms with van der Waals surface area (Å²) in [4.78, 5) is 16.5. The van der Waals surface area contributed by atoms with E-state index in [1.54, 1.807) is 0 Å². The number of nitrogens with zero attached hydrogens (tertiary/aromatic N) is 2. The summed E-state index contributed by atoms with van der Waals surface area (Å²) in [6.45, 7) is 1.61. The van der Waals surface area contributed by atoms with E-state index in [4.69, 9.17) is 5.73 Å². The van der Waals surface area contributed by atoms with Crippen LogP contribution in [0.2, 0.25) is 0 Å². The predicted octanol–water partition coefficient (Wildman–Crippen LogP) is 2.08. The van der Waals surface area contributed by atoms with Crippen LogP contribution in [-0.2, 0) is 4.79 Å². The van der Waals surface area contributed by atoms with Gasteiger partial charge in [-0.1, -0.05) is 30.3 Å². The van der Waals surface area contributed by atoms with Crippen LogP contribution in [0.1, 0.15) is 24.4 Å². The zero-order valence-corrected chi connectivity index (χ0v) is 14.2. The fourth-order valence-corrected chi connectivity index (χ4v) is 2.58. The summed E-state index contributed by atoms with van der Waals surface area (Å²) >= 11 is 0. The molecule has 4 nitrogen and oxygen atoms in total. The molecule has 6 heteroatoms. The van der Waals surface area contributed by atoms with Gasteiger partial charge >= 0.3 is 0 Å². The molecule has 1 aromatic rings. The second-order valence-electron chi connectivity index (χ2n) is 5.43. The smallest absolute Gasteiger partial charge is 0.244 e. The van der Waals surface area contributed by atoms with E-state index in [1.807, 2.05) is 35.2 Å². The first kappa shape index (κ1) is 20.2. The van der Waals surface area contributed by atoms with E-state index in [1.165, 1.54) is 0 Å². The number of halogens is 2. The third-order valence-corrected chi connectivity index (χ3v) is 3.86. The molecule has 0 bridgehead atoms. The van der Waals surface area contributed by atoms with Crippen LogP contribution in [0, 0.1) is 0 Å². The van der Waals surface area contributed by atoms with Crippen molar-refractivity contribution in [1.82, 2.24) is 9.80 Å². The fraction of sp³-hybridized carbons (Fsp3) is 0.533. The van der Waals surface area contributed by atoms with Crippen molar-refractivity contribution in [3.8, 4) is 0 Å². The maximum atomic E-state index is 12.4. The van der Waals surface area contributed by atoms with Gasteiger partial charge in [-0.3, -0.25) is 4.79 Å². The van der Waals surface area contributed by atoms with Crippen LogP contribution in [0.3, 0.4) is 0 Å². The summed E-state index contributed by atoms with van der Waals surface area (Å²) in [6.07, 6.45) is 2.20. The first-order valence-corrected chi connectivity index (χ1v) is 6.85. The minimum absolute atomic E-state index is 0. The van der Waals surface area contributed by atoms with E-state index in [-0.39, 0.29) is 30.7 Å². The molecule has 1 amide bonds. The average Bonchev–Trinajstić information content (AvgIpc) is 2.46. The molecule has 0 saturated carbocycles. The third kappa shape index (κ3) is 5.15. The summed E-state index contributed by atoms with van der Waals surface area (Å²) in [7, 11) is 4.13. The standard InChI is InChI=1S/C15H23N3O.2ClH/c1-17(2)13-9-6-10-18(11-13)15(19)14(16)12-7-4-3-5-8-12;;/h3-5,7-8,13-14H,6,9-11,16H2,1-2H3;2*1H. The second-order valence-corrected chi connectivity index (χ2v) is 5.43. The molecule has 1 saturated heterocycles. The highest BCUT2D eigenvalue weighted by Crippen LogP contribution is 2.18. The molecular weight excluding hydrogens is 309 g/mol. The molecule has 2 rings (SSSR count). The molecule has 2 unspecified atom stereocenters. The normalized spacial score (nSPS) is 19.4. The largest absolute Gasteiger partial charge is 0.339 e. The summed E-state index contributed by atoms with van der Waals surface area (Å²) < 4.78 is 0. The van der Waals surface area contributed by atoms with Crippen LogP contribution in [0.15, 0.2) is 30.3 Å². The quantitative estimate of drug-likeness (QED) is 0.921. The lowest BCUT2D eigenvalue weighted by Gasteiger charge is -2.37. The van der Waals surface area contributed by atoms with E-state index in [0.29, 0.717) is 6.04 Å². The van der Waals surface area contributed by atoms with Gasteiger partial charge in [0.2, 0.25) is 5.91 Å². The maximum Gasteiger partial charge on any atom is 0.244 e. The number of carbonyl (C=O) groups excluding carboxylic acids is 1. The number of hydrogen-bond acceptors (Lipinski definition) is 3. The Morgan fingerprint density at radius 3 is 2.48 bits per heavy atom. The molecule has 2 atom stereocenters. The van der Waals surface area contributed by atoms with Crippen molar-refractivity contribution in [1.29, 1.82) is 0 Å². The van der Waals surface area contributed by atoms with Crippen molar-refractivity contribution in [3.05, 3.63) is 35.9 Å². The van der Waals surface area contributed by atoms with E-state index in [2.05, 4.69) is 19.0 Å². The fourth-order valence-electron chi connectivity index (χ4n) is 2.58. The molecule has 120 valence electrons. The molecule has 0 aliphatic carbocycles. The zero-order valence-electron chi connectivity index (χ0n) is 12.6. The third-order valence-electron chi connectivity index (χ3n) is 3.86. The van der Waals surface area contributed by atoms with Gasteiger partial charge in [0.15, 0.2) is 0 Å². The predicted molar refractivity (Wildman–Crippen MR) is 91.2 cm³/mol. The highest BCUT2D eigenvalue weighted by Gasteiger charge is 2.28. The Balaban J connectivity index is 0.00000200. The Bertz CT molecular complexity index is 428. The lowest BCUT2D eigenvalue weighted by atomic mass is 10.0. The topological polar surface area (TPSA) is 49.6 Å². The second kappa shape index (κ2) is 9.26. The maximum absolute atomic E-state index is 12.4. The number of amides is 1. The molecule has 1 heterocycles. The molecule has 1 aliphatic heterocycles. The van der Waals surface area contributed by atoms with Gasteiger partial charge in [-0.05, 0) is 32.5 Å². The lowest BCUT2D eigenvalue weighted by Crippen LogP contribution is -2.49. The number of benzene rings is 1. The number of carbonyl (C=O) groups is 1. The lowest BCUT2D eigenvalue weighted by molar-refractivity contribution is -0.134. The van der Waals surface area contributed by atoms with Gasteiger partial charge in [-0.2, -0.15) is 0 Å². The van der Waals surface area contributed by atoms with E-state index < -0.39 is 6.04 Å². The van der Waals surface area contributed by atoms with Crippen molar-refractivity contribution >= 4 is 30.7 Å². The van der Waals surface area contributed by atoms with E-state index in [9.17, 15) is 4.79 Å². The van der Waals surface area contributed by atoms with E-state index in [0.717, 1.165) is 31.5 Å². The number of likely N-dealkylation sites (N-methyl/N-ethyl adjacent to an activating group) is 1. The van der Waals surface area contributed by atoms with Gasteiger partial charge in [0.25, 0.3) is 0 Å². The molecule has 0 radical (unpaired) electrons. The minimum atomic E-state index is -0.540. The Morgan fingerprint density at radius 1 is 1.29 bits per heavy atom. The molecule has 1 fully saturated rings. The van der Waals surface area contributed by atoms with Crippen LogP contribution < -0.4 is 5.73 Å². The summed E-state index contributed by atoms with van der Waals surface area (Å²) in [6, 6.07) is 9.50. The van der Waals surface area contributed by atoms with Crippen molar-refractivity contribution in [3.63, 3.8) is 0 Å². The van der Waals surface area contributed by atoms with Gasteiger partial charge in [0.05, 0.1) is 0 Å². The molecule has 0 spiro atoms. The highest BCUT2D eigenvalue weighted by molar-refractivity contribution is 5.85. The Labute approximate surface area is 139 Å². The van der Waals surface area contributed by atoms with Crippen molar-refractivity contribution < 1.29 is 4.79 Å². The number of rotatable bonds is 3. The molecular formula is C15H25Cl2N3O. The molecule has 0 aromatic heterocycles. The van der Waals surface area contributed by atoms with Gasteiger partial charge < -0.3 is 15.5 Å². The summed E-state index contributed by atoms with van der Waals surface area (Å²) in [5.74, 6) is 0.0396. The molecule has 21 heavy (non-hydrogen) atoms. The number of nitrogens with two attached hydrogens (primary N) is 1. The molecule has 2 N–H and O–H groups in total. The average molecular weight is 334 g/mol. The number of hydrogen-bond donors (Lipinski definition) is 1. The highest BCUT2D eigenvalue weighted by atomic mass is 35.5. The van der Waals surface area contributed by atoms with Crippen LogP contribution in [0.5, 0.6) is 0 Å². The van der Waals surface area contributed by atoms with Crippen LogP contribution >= 0.6 is 24.8 Å². The summed E-state index contributed by atoms with van der Waals surface area (Å²) in [5, 5.41) is 0.